The molecule has 0 aliphatic heterocycles. The first-order valence-corrected chi connectivity index (χ1v) is 7.19. The molecule has 0 saturated heterocycles. The fourth-order valence-corrected chi connectivity index (χ4v) is 2.46. The number of fused-ring (bicyclic) bond motifs is 1. The second-order valence-corrected chi connectivity index (χ2v) is 5.06. The summed E-state index contributed by atoms with van der Waals surface area (Å²) in [6.45, 7) is 3.82. The number of aliphatic hydroxyl groups excluding tert-OH is 1. The van der Waals surface area contributed by atoms with Gasteiger partial charge in [0, 0.05) is 18.1 Å². The lowest BCUT2D eigenvalue weighted by Crippen LogP contribution is -2.11. The normalized spacial score (nSPS) is 12.7. The predicted octanol–water partition coefficient (Wildman–Crippen LogP) is 2.75. The zero-order valence-corrected chi connectivity index (χ0v) is 12.0. The molecule has 0 amide bonds. The van der Waals surface area contributed by atoms with Gasteiger partial charge in [0.25, 0.3) is 0 Å². The number of rotatable bonds is 5. The van der Waals surface area contributed by atoms with E-state index in [0.29, 0.717) is 5.69 Å². The van der Waals surface area contributed by atoms with Crippen LogP contribution in [0.3, 0.4) is 0 Å². The summed E-state index contributed by atoms with van der Waals surface area (Å²) >= 11 is 0. The van der Waals surface area contributed by atoms with E-state index in [9.17, 15) is 5.11 Å². The molecule has 1 unspecified atom stereocenters. The summed E-state index contributed by atoms with van der Waals surface area (Å²) in [4.78, 5) is 7.59. The molecule has 0 aliphatic carbocycles. The molecule has 0 spiro atoms. The number of hydrogen-bond donors (Lipinski definition) is 3. The van der Waals surface area contributed by atoms with Crippen molar-refractivity contribution in [2.45, 2.75) is 19.6 Å². The Hall–Kier alpha value is -2.17. The molecule has 2 heterocycles. The number of aliphatic hydroxyl groups is 1. The highest BCUT2D eigenvalue weighted by molar-refractivity contribution is 5.82. The van der Waals surface area contributed by atoms with Crippen LogP contribution in [0.5, 0.6) is 0 Å². The quantitative estimate of drug-likeness (QED) is 0.674. The molecule has 3 N–H and O–H groups in total. The number of H-pyrrole nitrogens is 1. The molecule has 0 fully saturated rings. The zero-order chi connectivity index (χ0) is 14.7. The van der Waals surface area contributed by atoms with Gasteiger partial charge in [-0.25, -0.2) is 0 Å². The molecule has 2 aromatic heterocycles. The van der Waals surface area contributed by atoms with Crippen LogP contribution in [0.1, 0.15) is 29.8 Å². The fourth-order valence-electron chi connectivity index (χ4n) is 2.46. The maximum atomic E-state index is 10.5. The van der Waals surface area contributed by atoms with Gasteiger partial charge >= 0.3 is 0 Å². The van der Waals surface area contributed by atoms with Crippen LogP contribution in [0.15, 0.2) is 48.8 Å². The van der Waals surface area contributed by atoms with Gasteiger partial charge in [0.1, 0.15) is 6.10 Å². The van der Waals surface area contributed by atoms with E-state index in [2.05, 4.69) is 22.2 Å². The lowest BCUT2D eigenvalue weighted by atomic mass is 10.0. The van der Waals surface area contributed by atoms with Crippen molar-refractivity contribution in [3.05, 3.63) is 65.6 Å². The summed E-state index contributed by atoms with van der Waals surface area (Å²) < 4.78 is 0. The van der Waals surface area contributed by atoms with Crippen molar-refractivity contribution in [3.8, 4) is 0 Å². The van der Waals surface area contributed by atoms with Crippen molar-refractivity contribution in [3.63, 3.8) is 0 Å². The molecule has 0 bridgehead atoms. The van der Waals surface area contributed by atoms with E-state index in [4.69, 9.17) is 0 Å². The monoisotopic (exact) mass is 281 g/mol. The molecule has 4 nitrogen and oxygen atoms in total. The summed E-state index contributed by atoms with van der Waals surface area (Å²) in [5, 5.41) is 14.9. The van der Waals surface area contributed by atoms with Crippen LogP contribution >= 0.6 is 0 Å². The summed E-state index contributed by atoms with van der Waals surface area (Å²) in [5.74, 6) is 0. The van der Waals surface area contributed by atoms with Crippen LogP contribution in [-0.4, -0.2) is 21.6 Å². The zero-order valence-electron chi connectivity index (χ0n) is 12.0. The average molecular weight is 281 g/mol. The van der Waals surface area contributed by atoms with E-state index in [-0.39, 0.29) is 0 Å². The smallest absolute Gasteiger partial charge is 0.121 e. The molecule has 0 radical (unpaired) electrons. The van der Waals surface area contributed by atoms with Crippen molar-refractivity contribution in [1.82, 2.24) is 15.3 Å². The van der Waals surface area contributed by atoms with E-state index < -0.39 is 6.10 Å². The third kappa shape index (κ3) is 2.82. The minimum atomic E-state index is -0.697. The molecule has 3 rings (SSSR count). The van der Waals surface area contributed by atoms with E-state index in [0.717, 1.165) is 29.6 Å². The van der Waals surface area contributed by atoms with Crippen LogP contribution in [-0.2, 0) is 6.54 Å². The van der Waals surface area contributed by atoms with Crippen LogP contribution < -0.4 is 5.32 Å². The molecule has 0 aliphatic rings. The maximum Gasteiger partial charge on any atom is 0.121 e. The fraction of sp³-hybridized carbons (Fsp3) is 0.235. The number of aromatic nitrogens is 2. The Balaban J connectivity index is 1.96. The van der Waals surface area contributed by atoms with Crippen LogP contribution in [0.2, 0.25) is 0 Å². The van der Waals surface area contributed by atoms with Crippen LogP contribution in [0.4, 0.5) is 0 Å². The third-order valence-corrected chi connectivity index (χ3v) is 3.63. The molecular formula is C17H19N3O. The lowest BCUT2D eigenvalue weighted by Gasteiger charge is -2.10. The lowest BCUT2D eigenvalue weighted by molar-refractivity contribution is 0.215. The standard InChI is InChI=1S/C17H19N3O/c1-2-18-9-13-10-19-16-11-20-15(8-14(13)16)17(21)12-6-4-3-5-7-12/h3-8,10-11,17-19,21H,2,9H2,1H3. The molecule has 3 aromatic rings. The van der Waals surface area contributed by atoms with Crippen LogP contribution in [0.25, 0.3) is 10.9 Å². The first kappa shape index (κ1) is 13.8. The molecule has 1 aromatic carbocycles. The van der Waals surface area contributed by atoms with E-state index >= 15 is 0 Å². The number of aromatic amines is 1. The van der Waals surface area contributed by atoms with Gasteiger partial charge in [0.2, 0.25) is 0 Å². The summed E-state index contributed by atoms with van der Waals surface area (Å²) in [7, 11) is 0. The average Bonchev–Trinajstić information content (AvgIpc) is 2.95. The SMILES string of the molecule is CCNCc1c[nH]c2cnc(C(O)c3ccccc3)cc12. The Morgan fingerprint density at radius 2 is 2.10 bits per heavy atom. The highest BCUT2D eigenvalue weighted by Crippen LogP contribution is 2.25. The summed E-state index contributed by atoms with van der Waals surface area (Å²) in [6, 6.07) is 11.6. The van der Waals surface area contributed by atoms with Gasteiger partial charge in [0.05, 0.1) is 17.4 Å². The minimum Gasteiger partial charge on any atom is -0.382 e. The van der Waals surface area contributed by atoms with Crippen LogP contribution in [0, 0.1) is 0 Å². The Bertz CT molecular complexity index is 721. The summed E-state index contributed by atoms with van der Waals surface area (Å²) in [5.41, 5.74) is 3.71. The number of benzene rings is 1. The van der Waals surface area contributed by atoms with Gasteiger partial charge in [-0.15, -0.1) is 0 Å². The predicted molar refractivity (Wildman–Crippen MR) is 84.0 cm³/mol. The Labute approximate surface area is 123 Å². The summed E-state index contributed by atoms with van der Waals surface area (Å²) in [6.07, 6.45) is 3.08. The second kappa shape index (κ2) is 6.08. The number of pyridine rings is 1. The number of nitrogens with one attached hydrogen (secondary N) is 2. The van der Waals surface area contributed by atoms with Crippen molar-refractivity contribution in [2.24, 2.45) is 0 Å². The van der Waals surface area contributed by atoms with Gasteiger partial charge in [-0.3, -0.25) is 4.98 Å². The number of hydrogen-bond acceptors (Lipinski definition) is 3. The first-order valence-electron chi connectivity index (χ1n) is 7.19. The number of nitrogens with zero attached hydrogens (tertiary/aromatic N) is 1. The molecule has 0 saturated carbocycles. The van der Waals surface area contributed by atoms with Crippen molar-refractivity contribution in [2.75, 3.05) is 6.54 Å². The first-order chi connectivity index (χ1) is 10.3. The largest absolute Gasteiger partial charge is 0.382 e. The molecule has 21 heavy (non-hydrogen) atoms. The Kier molecular flexibility index (Phi) is 3.99. The maximum absolute atomic E-state index is 10.5. The molecule has 108 valence electrons. The van der Waals surface area contributed by atoms with Crippen molar-refractivity contribution in [1.29, 1.82) is 0 Å². The second-order valence-electron chi connectivity index (χ2n) is 5.06. The Morgan fingerprint density at radius 3 is 2.86 bits per heavy atom. The van der Waals surface area contributed by atoms with Gasteiger partial charge in [-0.2, -0.15) is 0 Å². The molecule has 4 heteroatoms. The molecular weight excluding hydrogens is 262 g/mol. The van der Waals surface area contributed by atoms with E-state index in [1.807, 2.05) is 42.6 Å². The van der Waals surface area contributed by atoms with Gasteiger partial charge in [0.15, 0.2) is 0 Å². The molecule has 1 atom stereocenters. The van der Waals surface area contributed by atoms with Crippen molar-refractivity contribution >= 4 is 10.9 Å². The van der Waals surface area contributed by atoms with Crippen molar-refractivity contribution < 1.29 is 5.11 Å². The Morgan fingerprint density at radius 1 is 1.29 bits per heavy atom. The van der Waals surface area contributed by atoms with Gasteiger partial charge in [-0.05, 0) is 23.7 Å². The third-order valence-electron chi connectivity index (χ3n) is 3.63. The van der Waals surface area contributed by atoms with E-state index in [1.165, 1.54) is 5.56 Å². The van der Waals surface area contributed by atoms with Gasteiger partial charge in [-0.1, -0.05) is 37.3 Å². The topological polar surface area (TPSA) is 60.9 Å². The highest BCUT2D eigenvalue weighted by atomic mass is 16.3. The highest BCUT2D eigenvalue weighted by Gasteiger charge is 2.13. The van der Waals surface area contributed by atoms with E-state index in [1.54, 1.807) is 6.20 Å². The minimum absolute atomic E-state index is 0.672. The van der Waals surface area contributed by atoms with Gasteiger partial charge < -0.3 is 15.4 Å².